The number of benzene rings is 1. The molecule has 0 aliphatic rings. The molecule has 0 bridgehead atoms. The number of thiazole rings is 1. The Morgan fingerprint density at radius 2 is 1.83 bits per heavy atom. The van der Waals surface area contributed by atoms with Gasteiger partial charge in [0.1, 0.15) is 5.76 Å². The van der Waals surface area contributed by atoms with Gasteiger partial charge in [-0.05, 0) is 36.4 Å². The topological polar surface area (TPSA) is 97.4 Å². The van der Waals surface area contributed by atoms with E-state index in [0.29, 0.717) is 28.5 Å². The molecule has 146 valence electrons. The minimum atomic E-state index is -0.300. The number of hydrogen-bond donors (Lipinski definition) is 2. The maximum Gasteiger partial charge on any atom is 0.253 e. The van der Waals surface area contributed by atoms with E-state index in [2.05, 4.69) is 15.6 Å². The molecular formula is C21H17N3O4S. The Balaban J connectivity index is 1.40. The Morgan fingerprint density at radius 3 is 2.62 bits per heavy atom. The van der Waals surface area contributed by atoms with E-state index in [-0.39, 0.29) is 24.8 Å². The molecule has 0 aliphatic carbocycles. The summed E-state index contributed by atoms with van der Waals surface area (Å²) in [5.41, 5.74) is 1.46. The number of hydrogen-bond acceptors (Lipinski definition) is 6. The first-order chi connectivity index (χ1) is 14.2. The van der Waals surface area contributed by atoms with Crippen LogP contribution in [-0.2, 0) is 17.8 Å². The van der Waals surface area contributed by atoms with Gasteiger partial charge in [0.15, 0.2) is 10.8 Å². The molecule has 0 atom stereocenters. The Morgan fingerprint density at radius 1 is 1.00 bits per heavy atom. The van der Waals surface area contributed by atoms with Crippen LogP contribution in [0.4, 0.5) is 5.69 Å². The van der Waals surface area contributed by atoms with Crippen molar-refractivity contribution in [2.24, 2.45) is 0 Å². The number of furan rings is 2. The molecule has 0 spiro atoms. The normalized spacial score (nSPS) is 10.6. The van der Waals surface area contributed by atoms with Crippen molar-refractivity contribution < 1.29 is 18.4 Å². The maximum absolute atomic E-state index is 12.5. The first kappa shape index (κ1) is 18.7. The monoisotopic (exact) mass is 407 g/mol. The molecule has 1 aromatic carbocycles. The minimum absolute atomic E-state index is 0.0968. The van der Waals surface area contributed by atoms with Crippen LogP contribution in [-0.4, -0.2) is 16.8 Å². The number of amides is 2. The van der Waals surface area contributed by atoms with Crippen LogP contribution in [0.3, 0.4) is 0 Å². The van der Waals surface area contributed by atoms with Gasteiger partial charge in [0.2, 0.25) is 5.91 Å². The summed E-state index contributed by atoms with van der Waals surface area (Å²) in [4.78, 5) is 29.4. The summed E-state index contributed by atoms with van der Waals surface area (Å²) in [7, 11) is 0. The highest BCUT2D eigenvalue weighted by atomic mass is 32.1. The van der Waals surface area contributed by atoms with E-state index < -0.39 is 0 Å². The average molecular weight is 407 g/mol. The second-order valence-electron chi connectivity index (χ2n) is 6.15. The van der Waals surface area contributed by atoms with Crippen molar-refractivity contribution in [1.82, 2.24) is 10.3 Å². The molecule has 0 saturated heterocycles. The van der Waals surface area contributed by atoms with Crippen LogP contribution in [0.15, 0.2) is 75.3 Å². The first-order valence-electron chi connectivity index (χ1n) is 8.87. The van der Waals surface area contributed by atoms with Crippen LogP contribution in [0.1, 0.15) is 21.8 Å². The molecular weight excluding hydrogens is 390 g/mol. The number of nitrogens with zero attached hydrogens (tertiary/aromatic N) is 1. The molecule has 2 N–H and O–H groups in total. The SMILES string of the molecule is O=C(Cc1csc(-c2ccco2)n1)Nc1ccccc1C(=O)NCc1ccco1. The lowest BCUT2D eigenvalue weighted by Gasteiger charge is -2.10. The van der Waals surface area contributed by atoms with E-state index in [1.54, 1.807) is 55.0 Å². The predicted molar refractivity (Wildman–Crippen MR) is 108 cm³/mol. The third kappa shape index (κ3) is 4.61. The highest BCUT2D eigenvalue weighted by Gasteiger charge is 2.15. The van der Waals surface area contributed by atoms with Gasteiger partial charge in [-0.2, -0.15) is 0 Å². The van der Waals surface area contributed by atoms with Crippen molar-refractivity contribution in [1.29, 1.82) is 0 Å². The highest BCUT2D eigenvalue weighted by Crippen LogP contribution is 2.24. The zero-order valence-corrected chi connectivity index (χ0v) is 16.1. The van der Waals surface area contributed by atoms with Crippen molar-refractivity contribution in [2.75, 3.05) is 5.32 Å². The summed E-state index contributed by atoms with van der Waals surface area (Å²) in [5, 5.41) is 8.11. The van der Waals surface area contributed by atoms with E-state index in [1.165, 1.54) is 11.3 Å². The van der Waals surface area contributed by atoms with E-state index >= 15 is 0 Å². The van der Waals surface area contributed by atoms with Crippen molar-refractivity contribution in [3.05, 3.63) is 83.5 Å². The third-order valence-electron chi connectivity index (χ3n) is 4.07. The molecule has 0 saturated carbocycles. The molecule has 3 aromatic heterocycles. The molecule has 0 fully saturated rings. The summed E-state index contributed by atoms with van der Waals surface area (Å²) in [6, 6.07) is 14.0. The molecule has 29 heavy (non-hydrogen) atoms. The van der Waals surface area contributed by atoms with E-state index in [4.69, 9.17) is 8.83 Å². The summed E-state index contributed by atoms with van der Waals surface area (Å²) >= 11 is 1.41. The van der Waals surface area contributed by atoms with Gasteiger partial charge in [0, 0.05) is 5.38 Å². The quantitative estimate of drug-likeness (QED) is 0.481. The lowest BCUT2D eigenvalue weighted by molar-refractivity contribution is -0.115. The Labute approximate surface area is 170 Å². The van der Waals surface area contributed by atoms with Crippen LogP contribution >= 0.6 is 11.3 Å². The molecule has 0 radical (unpaired) electrons. The summed E-state index contributed by atoms with van der Waals surface area (Å²) < 4.78 is 10.5. The molecule has 0 aliphatic heterocycles. The highest BCUT2D eigenvalue weighted by molar-refractivity contribution is 7.13. The molecule has 7 nitrogen and oxygen atoms in total. The first-order valence-corrected chi connectivity index (χ1v) is 9.75. The van der Waals surface area contributed by atoms with Gasteiger partial charge in [0.25, 0.3) is 5.91 Å². The van der Waals surface area contributed by atoms with Crippen LogP contribution in [0.25, 0.3) is 10.8 Å². The number of aromatic nitrogens is 1. The van der Waals surface area contributed by atoms with Gasteiger partial charge in [-0.25, -0.2) is 4.98 Å². The fourth-order valence-electron chi connectivity index (χ4n) is 2.73. The zero-order valence-electron chi connectivity index (χ0n) is 15.3. The average Bonchev–Trinajstić information content (AvgIpc) is 3.48. The minimum Gasteiger partial charge on any atom is -0.467 e. The second-order valence-corrected chi connectivity index (χ2v) is 7.01. The Bertz CT molecular complexity index is 1100. The summed E-state index contributed by atoms with van der Waals surface area (Å²) in [6.45, 7) is 0.266. The molecule has 3 heterocycles. The van der Waals surface area contributed by atoms with Gasteiger partial charge in [-0.3, -0.25) is 9.59 Å². The predicted octanol–water partition coefficient (Wildman–Crippen LogP) is 4.11. The molecule has 2 amide bonds. The largest absolute Gasteiger partial charge is 0.467 e. The Kier molecular flexibility index (Phi) is 5.53. The lowest BCUT2D eigenvalue weighted by atomic mass is 10.1. The van der Waals surface area contributed by atoms with E-state index in [9.17, 15) is 9.59 Å². The van der Waals surface area contributed by atoms with Gasteiger partial charge in [-0.1, -0.05) is 12.1 Å². The Hall–Kier alpha value is -3.65. The van der Waals surface area contributed by atoms with E-state index in [1.807, 2.05) is 11.4 Å². The number of para-hydroxylation sites is 1. The van der Waals surface area contributed by atoms with Crippen LogP contribution in [0, 0.1) is 0 Å². The second kappa shape index (κ2) is 8.57. The van der Waals surface area contributed by atoms with Gasteiger partial charge in [-0.15, -0.1) is 11.3 Å². The van der Waals surface area contributed by atoms with Crippen molar-refractivity contribution in [2.45, 2.75) is 13.0 Å². The van der Waals surface area contributed by atoms with Crippen LogP contribution in [0.2, 0.25) is 0 Å². The third-order valence-corrected chi connectivity index (χ3v) is 4.98. The molecule has 4 rings (SSSR count). The molecule has 0 unspecified atom stereocenters. The molecule has 4 aromatic rings. The fourth-order valence-corrected chi connectivity index (χ4v) is 3.51. The number of nitrogens with one attached hydrogen (secondary N) is 2. The van der Waals surface area contributed by atoms with Crippen LogP contribution in [0.5, 0.6) is 0 Å². The number of anilines is 1. The zero-order chi connectivity index (χ0) is 20.1. The summed E-state index contributed by atoms with van der Waals surface area (Å²) in [6.07, 6.45) is 3.22. The number of rotatable bonds is 7. The molecule has 8 heteroatoms. The number of carbonyl (C=O) groups is 2. The van der Waals surface area contributed by atoms with Crippen molar-refractivity contribution in [3.63, 3.8) is 0 Å². The standard InChI is InChI=1S/C21H17N3O4S/c25-19(11-14-13-29-21(23-14)18-8-4-10-28-18)24-17-7-2-1-6-16(17)20(26)22-12-15-5-3-9-27-15/h1-10,13H,11-12H2,(H,22,26)(H,24,25). The van der Waals surface area contributed by atoms with Crippen LogP contribution < -0.4 is 10.6 Å². The van der Waals surface area contributed by atoms with Crippen molar-refractivity contribution in [3.8, 4) is 10.8 Å². The van der Waals surface area contributed by atoms with Gasteiger partial charge >= 0.3 is 0 Å². The lowest BCUT2D eigenvalue weighted by Crippen LogP contribution is -2.25. The van der Waals surface area contributed by atoms with Gasteiger partial charge in [0.05, 0.1) is 42.4 Å². The fraction of sp³-hybridized carbons (Fsp3) is 0.0952. The van der Waals surface area contributed by atoms with Gasteiger partial charge < -0.3 is 19.5 Å². The summed E-state index contributed by atoms with van der Waals surface area (Å²) in [5.74, 6) is 0.759. The van der Waals surface area contributed by atoms with E-state index in [0.717, 1.165) is 5.01 Å². The number of carbonyl (C=O) groups excluding carboxylic acids is 2. The maximum atomic E-state index is 12.5. The van der Waals surface area contributed by atoms with Crippen molar-refractivity contribution >= 4 is 28.8 Å². The smallest absolute Gasteiger partial charge is 0.253 e.